The maximum absolute atomic E-state index is 11.3. The third-order valence-electron chi connectivity index (χ3n) is 1.34. The number of carbonyl (C=O) groups is 1. The van der Waals surface area contributed by atoms with Crippen molar-refractivity contribution in [1.29, 1.82) is 0 Å². The van der Waals surface area contributed by atoms with E-state index in [4.69, 9.17) is 15.8 Å². The Morgan fingerprint density at radius 3 is 2.57 bits per heavy atom. The van der Waals surface area contributed by atoms with E-state index in [1.54, 1.807) is 30.3 Å². The second-order valence-corrected chi connectivity index (χ2v) is 3.04. The molecule has 0 unspecified atom stereocenters. The summed E-state index contributed by atoms with van der Waals surface area (Å²) in [7, 11) is 0. The molecule has 0 heterocycles. The van der Waals surface area contributed by atoms with Gasteiger partial charge in [-0.2, -0.15) is 5.10 Å². The first kappa shape index (κ1) is 10.4. The van der Waals surface area contributed by atoms with Gasteiger partial charge in [-0.15, -0.1) is 0 Å². The van der Waals surface area contributed by atoms with Crippen molar-refractivity contribution in [3.63, 3.8) is 0 Å². The number of nitrogens with two attached hydrogens (primary N) is 2. The van der Waals surface area contributed by atoms with Gasteiger partial charge >= 0.3 is 5.97 Å². The average Bonchev–Trinajstić information content (AvgIpc) is 2.26. The quantitative estimate of drug-likeness (QED) is 0.234. The van der Waals surface area contributed by atoms with Crippen LogP contribution in [0.25, 0.3) is 0 Å². The number of rotatable bonds is 1. The molecule has 0 aliphatic heterocycles. The molecule has 5 nitrogen and oxygen atoms in total. The van der Waals surface area contributed by atoms with Crippen LogP contribution in [0.4, 0.5) is 0 Å². The molecular weight excluding hydrogens is 202 g/mol. The lowest BCUT2D eigenvalue weighted by Gasteiger charge is -2.00. The Balaban J connectivity index is 2.52. The monoisotopic (exact) mass is 211 g/mol. The first-order valence-electron chi connectivity index (χ1n) is 3.71. The molecule has 0 radical (unpaired) electrons. The zero-order valence-electron chi connectivity index (χ0n) is 7.21. The van der Waals surface area contributed by atoms with E-state index < -0.39 is 5.97 Å². The standard InChI is InChI=1S/C8H9N3O2S/c9-8(11-10)14-13-7(12)6-4-2-1-3-5-6/h1-5H,10H2,(H2,9,11). The van der Waals surface area contributed by atoms with Crippen molar-refractivity contribution in [1.82, 2.24) is 0 Å². The highest BCUT2D eigenvalue weighted by Crippen LogP contribution is 2.08. The molecular formula is C8H9N3O2S. The van der Waals surface area contributed by atoms with Crippen molar-refractivity contribution in [2.75, 3.05) is 0 Å². The van der Waals surface area contributed by atoms with Crippen molar-refractivity contribution >= 4 is 23.2 Å². The smallest absolute Gasteiger partial charge is 0.350 e. The van der Waals surface area contributed by atoms with E-state index in [9.17, 15) is 4.79 Å². The van der Waals surface area contributed by atoms with Gasteiger partial charge in [0.15, 0.2) is 0 Å². The first-order valence-corrected chi connectivity index (χ1v) is 4.45. The molecule has 0 aliphatic carbocycles. The summed E-state index contributed by atoms with van der Waals surface area (Å²) in [6.45, 7) is 0. The first-order chi connectivity index (χ1) is 6.74. The summed E-state index contributed by atoms with van der Waals surface area (Å²) in [6.07, 6.45) is 0. The fourth-order valence-electron chi connectivity index (χ4n) is 0.724. The van der Waals surface area contributed by atoms with Gasteiger partial charge < -0.3 is 15.8 Å². The zero-order chi connectivity index (χ0) is 10.4. The van der Waals surface area contributed by atoms with Crippen LogP contribution in [0.15, 0.2) is 35.4 Å². The predicted molar refractivity (Wildman–Crippen MR) is 55.3 cm³/mol. The molecule has 0 saturated heterocycles. The summed E-state index contributed by atoms with van der Waals surface area (Å²) in [4.78, 5) is 11.3. The molecule has 0 aromatic heterocycles. The Morgan fingerprint density at radius 2 is 2.00 bits per heavy atom. The lowest BCUT2D eigenvalue weighted by molar-refractivity contribution is 0.0770. The van der Waals surface area contributed by atoms with Crippen molar-refractivity contribution in [3.8, 4) is 0 Å². The lowest BCUT2D eigenvalue weighted by atomic mass is 10.2. The third-order valence-corrected chi connectivity index (χ3v) is 1.85. The van der Waals surface area contributed by atoms with Crippen molar-refractivity contribution in [2.24, 2.45) is 16.7 Å². The van der Waals surface area contributed by atoms with E-state index in [1.807, 2.05) is 0 Å². The van der Waals surface area contributed by atoms with Gasteiger partial charge in [0.2, 0.25) is 5.17 Å². The minimum absolute atomic E-state index is 0.00530. The lowest BCUT2D eigenvalue weighted by Crippen LogP contribution is -2.11. The second-order valence-electron chi connectivity index (χ2n) is 2.29. The van der Waals surface area contributed by atoms with Crippen LogP contribution in [0.5, 0.6) is 0 Å². The summed E-state index contributed by atoms with van der Waals surface area (Å²) in [5.41, 5.74) is 5.66. The maximum atomic E-state index is 11.3. The Bertz CT molecular complexity index is 340. The average molecular weight is 211 g/mol. The number of benzene rings is 1. The molecule has 0 saturated carbocycles. The molecule has 74 valence electrons. The highest BCUT2D eigenvalue weighted by Gasteiger charge is 2.07. The summed E-state index contributed by atoms with van der Waals surface area (Å²) in [6, 6.07) is 8.56. The van der Waals surface area contributed by atoms with Crippen LogP contribution in [-0.4, -0.2) is 11.1 Å². The number of amidine groups is 1. The molecule has 14 heavy (non-hydrogen) atoms. The van der Waals surface area contributed by atoms with Crippen molar-refractivity contribution in [2.45, 2.75) is 0 Å². The number of carbonyl (C=O) groups excluding carboxylic acids is 1. The molecule has 1 aromatic carbocycles. The summed E-state index contributed by atoms with van der Waals surface area (Å²) >= 11 is 0.633. The maximum Gasteiger partial charge on any atom is 0.350 e. The Morgan fingerprint density at radius 1 is 1.36 bits per heavy atom. The fraction of sp³-hybridized carbons (Fsp3) is 0. The van der Waals surface area contributed by atoms with E-state index in [0.29, 0.717) is 17.6 Å². The van der Waals surface area contributed by atoms with Gasteiger partial charge in [-0.25, -0.2) is 4.79 Å². The molecule has 0 spiro atoms. The highest BCUT2D eigenvalue weighted by molar-refractivity contribution is 8.10. The Labute approximate surface area is 85.3 Å². The van der Waals surface area contributed by atoms with Gasteiger partial charge in [0, 0.05) is 0 Å². The zero-order valence-corrected chi connectivity index (χ0v) is 8.03. The van der Waals surface area contributed by atoms with Crippen molar-refractivity contribution in [3.05, 3.63) is 35.9 Å². The van der Waals surface area contributed by atoms with Gasteiger partial charge in [0.1, 0.15) is 12.0 Å². The second kappa shape index (κ2) is 5.13. The SMILES string of the molecule is N/N=C(/N)SOC(=O)c1ccccc1. The van der Waals surface area contributed by atoms with Crippen LogP contribution in [-0.2, 0) is 4.18 Å². The minimum atomic E-state index is -0.484. The van der Waals surface area contributed by atoms with Crippen LogP contribution in [0.2, 0.25) is 0 Å². The molecule has 1 aromatic rings. The van der Waals surface area contributed by atoms with E-state index >= 15 is 0 Å². The van der Waals surface area contributed by atoms with Crippen LogP contribution < -0.4 is 11.6 Å². The van der Waals surface area contributed by atoms with E-state index in [-0.39, 0.29) is 5.17 Å². The topological polar surface area (TPSA) is 90.7 Å². The molecule has 0 atom stereocenters. The van der Waals surface area contributed by atoms with Gasteiger partial charge in [-0.05, 0) is 12.1 Å². The van der Waals surface area contributed by atoms with Crippen LogP contribution in [0.1, 0.15) is 10.4 Å². The molecule has 6 heteroatoms. The van der Waals surface area contributed by atoms with Crippen LogP contribution in [0.3, 0.4) is 0 Å². The number of hydrogen-bond acceptors (Lipinski definition) is 5. The Hall–Kier alpha value is -1.69. The molecule has 4 N–H and O–H groups in total. The minimum Gasteiger partial charge on any atom is -0.379 e. The number of nitrogens with zero attached hydrogens (tertiary/aromatic N) is 1. The largest absolute Gasteiger partial charge is 0.379 e. The van der Waals surface area contributed by atoms with Gasteiger partial charge in [-0.1, -0.05) is 18.2 Å². The molecule has 0 amide bonds. The summed E-state index contributed by atoms with van der Waals surface area (Å²) < 4.78 is 4.72. The van der Waals surface area contributed by atoms with Crippen LogP contribution >= 0.6 is 12.0 Å². The van der Waals surface area contributed by atoms with Crippen LogP contribution in [0, 0.1) is 0 Å². The van der Waals surface area contributed by atoms with Gasteiger partial charge in [-0.3, -0.25) is 0 Å². The molecule has 0 aliphatic rings. The fourth-order valence-corrected chi connectivity index (χ4v) is 1.02. The van der Waals surface area contributed by atoms with E-state index in [0.717, 1.165) is 0 Å². The summed E-state index contributed by atoms with van der Waals surface area (Å²) in [5, 5.41) is 3.13. The predicted octanol–water partition coefficient (Wildman–Crippen LogP) is 0.680. The molecule has 0 fully saturated rings. The Kier molecular flexibility index (Phi) is 3.81. The highest BCUT2D eigenvalue weighted by atomic mass is 32.2. The normalized spacial score (nSPS) is 11.0. The van der Waals surface area contributed by atoms with E-state index in [2.05, 4.69) is 5.10 Å². The summed E-state index contributed by atoms with van der Waals surface area (Å²) in [5.74, 6) is 4.36. The molecule has 1 rings (SSSR count). The molecule has 0 bridgehead atoms. The number of hydrogen-bond donors (Lipinski definition) is 2. The van der Waals surface area contributed by atoms with E-state index in [1.165, 1.54) is 0 Å². The van der Waals surface area contributed by atoms with Gasteiger partial charge in [0.05, 0.1) is 5.56 Å². The van der Waals surface area contributed by atoms with Crippen molar-refractivity contribution < 1.29 is 8.98 Å². The number of hydrazone groups is 1. The van der Waals surface area contributed by atoms with Gasteiger partial charge in [0.25, 0.3) is 0 Å². The third kappa shape index (κ3) is 2.98.